The van der Waals surface area contributed by atoms with E-state index in [1.807, 2.05) is 25.4 Å². The van der Waals surface area contributed by atoms with Crippen LogP contribution in [0.25, 0.3) is 83.2 Å². The normalized spacial score (nSPS) is 16.0. The summed E-state index contributed by atoms with van der Waals surface area (Å²) in [5, 5.41) is 57.3. The molecule has 1 atom stereocenters. The predicted octanol–water partition coefficient (Wildman–Crippen LogP) is 9.89. The maximum atomic E-state index is 10.6. The van der Waals surface area contributed by atoms with E-state index in [-0.39, 0.29) is 17.2 Å². The number of phenols is 1. The summed E-state index contributed by atoms with van der Waals surface area (Å²) in [6, 6.07) is 10.5. The van der Waals surface area contributed by atoms with Crippen molar-refractivity contribution in [3.05, 3.63) is 72.0 Å². The number of aromatic nitrogens is 12. The van der Waals surface area contributed by atoms with E-state index < -0.39 is 0 Å². The van der Waals surface area contributed by atoms with Gasteiger partial charge in [-0.2, -0.15) is 10.2 Å². The van der Waals surface area contributed by atoms with Crippen molar-refractivity contribution >= 4 is 128 Å². The highest BCUT2D eigenvalue weighted by molar-refractivity contribution is 9.10. The lowest BCUT2D eigenvalue weighted by atomic mass is 10.1. The van der Waals surface area contributed by atoms with Gasteiger partial charge < -0.3 is 46.0 Å². The largest absolute Gasteiger partial charge is 0.507 e. The zero-order valence-corrected chi connectivity index (χ0v) is 50.3. The Hall–Kier alpha value is -6.34. The molecule has 11 aromatic rings. The highest BCUT2D eigenvalue weighted by atomic mass is 79.9. The van der Waals surface area contributed by atoms with Gasteiger partial charge in [0.1, 0.15) is 43.7 Å². The van der Waals surface area contributed by atoms with Crippen molar-refractivity contribution in [2.45, 2.75) is 50.2 Å². The van der Waals surface area contributed by atoms with Crippen LogP contribution in [0.4, 0.5) is 15.4 Å². The highest BCUT2D eigenvalue weighted by Crippen LogP contribution is 2.43. The van der Waals surface area contributed by atoms with Crippen molar-refractivity contribution in [1.82, 2.24) is 75.8 Å². The van der Waals surface area contributed by atoms with Crippen molar-refractivity contribution < 1.29 is 15.3 Å². The number of H-pyrrole nitrogens is 1. The molecule has 1 aromatic carbocycles. The maximum absolute atomic E-state index is 10.6. The van der Waals surface area contributed by atoms with E-state index >= 15 is 0 Å². The van der Waals surface area contributed by atoms with Crippen LogP contribution in [0.2, 0.25) is 0 Å². The van der Waals surface area contributed by atoms with Crippen LogP contribution in [-0.4, -0.2) is 154 Å². The average Bonchev–Trinajstić information content (AvgIpc) is 4.31. The Morgan fingerprint density at radius 1 is 0.525 bits per heavy atom. The Kier molecular flexibility index (Phi) is 16.0. The van der Waals surface area contributed by atoms with Crippen LogP contribution in [0.3, 0.4) is 0 Å². The number of hydrogen-bond acceptors (Lipinski definition) is 25. The summed E-state index contributed by atoms with van der Waals surface area (Å²) in [6.45, 7) is 6.29. The van der Waals surface area contributed by atoms with E-state index in [1.165, 1.54) is 34.0 Å². The second-order valence-electron chi connectivity index (χ2n) is 19.6. The van der Waals surface area contributed by atoms with Crippen molar-refractivity contribution in [3.63, 3.8) is 0 Å². The maximum Gasteiger partial charge on any atom is 0.188 e. The van der Waals surface area contributed by atoms with E-state index in [0.717, 1.165) is 153 Å². The number of nitrogens with one attached hydrogen (secondary N) is 4. The van der Waals surface area contributed by atoms with Gasteiger partial charge in [0.05, 0.1) is 18.0 Å². The topological polar surface area (TPSA) is 256 Å². The van der Waals surface area contributed by atoms with Gasteiger partial charge in [-0.1, -0.05) is 74.1 Å². The first-order valence-corrected chi connectivity index (χ1v) is 31.6. The Balaban J connectivity index is 0.000000120. The quantitative estimate of drug-likeness (QED) is 0.0636. The number of hydrogen-bond donors (Lipinski definition) is 7. The third-order valence-electron chi connectivity index (χ3n) is 14.3. The predicted molar refractivity (Wildman–Crippen MR) is 329 cm³/mol. The molecule has 3 saturated heterocycles. The molecule has 0 amide bonds. The van der Waals surface area contributed by atoms with E-state index in [1.54, 1.807) is 87.9 Å². The second-order valence-corrected chi connectivity index (χ2v) is 26.3. The number of anilines is 3. The molecule has 0 aliphatic carbocycles. The summed E-state index contributed by atoms with van der Waals surface area (Å²) in [7, 11) is 8.20. The molecule has 14 rings (SSSR count). The molecular formula is C52H55BrN18O3S6. The molecule has 0 spiro atoms. The van der Waals surface area contributed by atoms with Crippen molar-refractivity contribution in [1.29, 1.82) is 0 Å². The molecule has 28 heteroatoms. The smallest absolute Gasteiger partial charge is 0.188 e. The standard InChI is InChI=1S/C20H22N6OS2.C17H17N7OS2.C15H16BrN5OS2/c1-25-11-13(10-22-25)12-3-4-15(16(27)9-12)17-23-18-19(28-17)24-20(29-18)26(2)14-5-7-21-8-6-14;1-24(11-2-3-18-8-11)17-23-16-15(27-17)22-14(26-16)13-12(25)4-9(5-19-13)10-6-20-21-7-10;1-21(9-2-4-17-5-3-9)15-20-14-13(24-15)19-12(23-14)11-10(22)6-8(16)7-18-11/h3-4,9-11,14,21,27H,5-8H2,1-2H3;4-7,11,18,25H,2-3,8H2,1H3,(H,20,21);6-7,9,17,22H,2-5H2,1H3. The number of halogens is 1. The van der Waals surface area contributed by atoms with Crippen LogP contribution in [0.1, 0.15) is 32.1 Å². The van der Waals surface area contributed by atoms with Gasteiger partial charge in [-0.3, -0.25) is 9.78 Å². The summed E-state index contributed by atoms with van der Waals surface area (Å²) >= 11 is 12.5. The van der Waals surface area contributed by atoms with Gasteiger partial charge in [0, 0.05) is 98.8 Å². The number of pyridine rings is 2. The molecule has 80 heavy (non-hydrogen) atoms. The minimum atomic E-state index is 0.101. The first-order chi connectivity index (χ1) is 38.9. The summed E-state index contributed by atoms with van der Waals surface area (Å²) in [4.78, 5) is 49.2. The summed E-state index contributed by atoms with van der Waals surface area (Å²) < 4.78 is 2.49. The van der Waals surface area contributed by atoms with Gasteiger partial charge in [-0.25, -0.2) is 39.9 Å². The van der Waals surface area contributed by atoms with Crippen LogP contribution >= 0.6 is 84.0 Å². The molecule has 13 heterocycles. The fourth-order valence-corrected chi connectivity index (χ4v) is 16.3. The van der Waals surface area contributed by atoms with Crippen LogP contribution in [0.5, 0.6) is 17.2 Å². The number of rotatable bonds is 11. The van der Waals surface area contributed by atoms with Gasteiger partial charge in [-0.05, 0) is 111 Å². The Labute approximate surface area is 491 Å². The van der Waals surface area contributed by atoms with Gasteiger partial charge in [0.2, 0.25) is 0 Å². The van der Waals surface area contributed by atoms with Gasteiger partial charge in [-0.15, -0.1) is 0 Å². The number of aromatic hydroxyl groups is 3. The van der Waals surface area contributed by atoms with Crippen LogP contribution in [0.15, 0.2) is 72.0 Å². The van der Waals surface area contributed by atoms with Gasteiger partial charge in [0.25, 0.3) is 0 Å². The van der Waals surface area contributed by atoms with Crippen LogP contribution in [-0.2, 0) is 7.05 Å². The Morgan fingerprint density at radius 2 is 1.02 bits per heavy atom. The molecular weight excluding hydrogens is 1200 g/mol. The number of thiazole rings is 6. The van der Waals surface area contributed by atoms with Crippen LogP contribution in [0, 0.1) is 0 Å². The fourth-order valence-electron chi connectivity index (χ4n) is 9.73. The third-order valence-corrected chi connectivity index (χ3v) is 21.1. The molecule has 3 fully saturated rings. The van der Waals surface area contributed by atoms with Crippen molar-refractivity contribution in [2.24, 2.45) is 7.05 Å². The molecule has 0 radical (unpaired) electrons. The number of nitrogens with zero attached hydrogens (tertiary/aromatic N) is 14. The van der Waals surface area contributed by atoms with E-state index in [2.05, 4.69) is 103 Å². The van der Waals surface area contributed by atoms with E-state index in [0.29, 0.717) is 39.5 Å². The summed E-state index contributed by atoms with van der Waals surface area (Å²) in [6.07, 6.45) is 16.2. The number of benzene rings is 1. The number of likely N-dealkylation sites (N-methyl/N-ethyl adjacent to an activating group) is 1. The van der Waals surface area contributed by atoms with E-state index in [4.69, 9.17) is 19.9 Å². The average molecular weight is 1250 g/mol. The lowest BCUT2D eigenvalue weighted by Gasteiger charge is -2.31. The Morgan fingerprint density at radius 3 is 1.51 bits per heavy atom. The second kappa shape index (κ2) is 23.6. The first-order valence-electron chi connectivity index (χ1n) is 25.9. The lowest BCUT2D eigenvalue weighted by molar-refractivity contribution is 0.443. The van der Waals surface area contributed by atoms with Gasteiger partial charge >= 0.3 is 0 Å². The summed E-state index contributed by atoms with van der Waals surface area (Å²) in [5.41, 5.74) is 5.30. The molecule has 0 bridgehead atoms. The minimum Gasteiger partial charge on any atom is -0.507 e. The lowest BCUT2D eigenvalue weighted by Crippen LogP contribution is -2.41. The monoisotopic (exact) mass is 1250 g/mol. The molecule has 0 saturated carbocycles. The third kappa shape index (κ3) is 11.6. The molecule has 414 valence electrons. The zero-order valence-electron chi connectivity index (χ0n) is 43.8. The zero-order chi connectivity index (χ0) is 55.0. The molecule has 21 nitrogen and oxygen atoms in total. The minimum absolute atomic E-state index is 0.101. The Bertz CT molecular complexity index is 3810. The van der Waals surface area contributed by atoms with Gasteiger partial charge in [0.15, 0.2) is 44.4 Å². The fraction of sp³-hybridized carbons (Fsp3) is 0.346. The summed E-state index contributed by atoms with van der Waals surface area (Å²) in [5.74, 6) is 0.446. The highest BCUT2D eigenvalue weighted by Gasteiger charge is 2.27. The molecule has 3 aliphatic rings. The number of piperidine rings is 2. The number of phenolic OH excluding ortho intramolecular Hbond substituents is 1. The van der Waals surface area contributed by atoms with Crippen molar-refractivity contribution in [3.8, 4) is 71.5 Å². The molecule has 3 aliphatic heterocycles. The molecule has 1 unspecified atom stereocenters. The number of aromatic amines is 1. The number of aryl methyl sites for hydroxylation is 1. The molecule has 10 aromatic heterocycles. The SMILES string of the molecule is CN(c1nc2sc(-c3ccc(-c4cnn(C)c4)cc3O)nc2s1)C1CCNCC1.CN(c1nc2sc(-c3ncc(-c4cn[nH]c4)cc3O)nc2s1)C1CCNC1.CN(c1nc2sc(-c3ncc(Br)cc3O)nc2s1)C1CCNCC1. The van der Waals surface area contributed by atoms with Crippen LogP contribution < -0.4 is 30.7 Å². The van der Waals surface area contributed by atoms with E-state index in [9.17, 15) is 15.3 Å². The first kappa shape index (κ1) is 54.3. The molecule has 7 N–H and O–H groups in total. The van der Waals surface area contributed by atoms with Crippen molar-refractivity contribution in [2.75, 3.05) is 75.1 Å². The number of fused-ring (bicyclic) bond motifs is 3.